The molecular formula is C55H32N4O2. The summed E-state index contributed by atoms with van der Waals surface area (Å²) in [7, 11) is 0. The lowest BCUT2D eigenvalue weighted by atomic mass is 9.97. The Kier molecular flexibility index (Phi) is 7.21. The van der Waals surface area contributed by atoms with Crippen LogP contribution in [0.3, 0.4) is 0 Å². The molecule has 0 aliphatic heterocycles. The maximum atomic E-state index is 6.40. The monoisotopic (exact) mass is 780 g/mol. The molecule has 284 valence electrons. The summed E-state index contributed by atoms with van der Waals surface area (Å²) in [5, 5.41) is 9.06. The van der Waals surface area contributed by atoms with E-state index in [1.165, 1.54) is 21.5 Å². The van der Waals surface area contributed by atoms with Crippen LogP contribution in [0.25, 0.3) is 127 Å². The molecule has 0 amide bonds. The molecule has 6 heteroatoms. The van der Waals surface area contributed by atoms with Gasteiger partial charge in [0.1, 0.15) is 22.3 Å². The average Bonchev–Trinajstić information content (AvgIpc) is 4.00. The number of aromatic nitrogens is 4. The molecule has 61 heavy (non-hydrogen) atoms. The fourth-order valence-corrected chi connectivity index (χ4v) is 9.24. The molecule has 0 radical (unpaired) electrons. The van der Waals surface area contributed by atoms with Crippen molar-refractivity contribution >= 4 is 76.5 Å². The van der Waals surface area contributed by atoms with Crippen molar-refractivity contribution in [3.8, 4) is 51.0 Å². The van der Waals surface area contributed by atoms with Crippen molar-refractivity contribution in [2.45, 2.75) is 0 Å². The summed E-state index contributed by atoms with van der Waals surface area (Å²) in [5.74, 6) is 1.75. The number of rotatable bonds is 5. The largest absolute Gasteiger partial charge is 0.456 e. The predicted octanol–water partition coefficient (Wildman–Crippen LogP) is 14.6. The summed E-state index contributed by atoms with van der Waals surface area (Å²) < 4.78 is 15.1. The highest BCUT2D eigenvalue weighted by atomic mass is 16.3. The molecule has 0 atom stereocenters. The second-order valence-electron chi connectivity index (χ2n) is 15.6. The quantitative estimate of drug-likeness (QED) is 0.174. The number of hydrogen-bond acceptors (Lipinski definition) is 5. The average molecular weight is 781 g/mol. The van der Waals surface area contributed by atoms with Gasteiger partial charge in [-0.2, -0.15) is 0 Å². The second-order valence-corrected chi connectivity index (χ2v) is 15.6. The van der Waals surface area contributed by atoms with Gasteiger partial charge in [-0.3, -0.25) is 0 Å². The molecule has 0 aliphatic carbocycles. The first-order valence-corrected chi connectivity index (χ1v) is 20.4. The van der Waals surface area contributed by atoms with Crippen molar-refractivity contribution in [1.82, 2.24) is 19.5 Å². The second kappa shape index (κ2) is 13.1. The maximum Gasteiger partial charge on any atom is 0.164 e. The summed E-state index contributed by atoms with van der Waals surface area (Å²) in [5.41, 5.74) is 11.5. The van der Waals surface area contributed by atoms with Crippen molar-refractivity contribution in [3.05, 3.63) is 194 Å². The van der Waals surface area contributed by atoms with E-state index < -0.39 is 0 Å². The highest BCUT2D eigenvalue weighted by Crippen LogP contribution is 2.44. The molecule has 0 bridgehead atoms. The van der Waals surface area contributed by atoms with Crippen molar-refractivity contribution < 1.29 is 8.83 Å². The molecule has 9 aromatic carbocycles. The van der Waals surface area contributed by atoms with Gasteiger partial charge in [0, 0.05) is 60.3 Å². The van der Waals surface area contributed by atoms with E-state index in [2.05, 4.69) is 132 Å². The molecule has 6 nitrogen and oxygen atoms in total. The molecule has 0 saturated heterocycles. The number of para-hydroxylation sites is 3. The molecule has 13 aromatic rings. The van der Waals surface area contributed by atoms with E-state index in [4.69, 9.17) is 23.8 Å². The lowest BCUT2D eigenvalue weighted by Gasteiger charge is -2.14. The topological polar surface area (TPSA) is 69.9 Å². The van der Waals surface area contributed by atoms with E-state index in [0.29, 0.717) is 17.5 Å². The summed E-state index contributed by atoms with van der Waals surface area (Å²) in [6, 6.07) is 67.5. The van der Waals surface area contributed by atoms with Gasteiger partial charge in [-0.1, -0.05) is 140 Å². The van der Waals surface area contributed by atoms with Crippen molar-refractivity contribution in [1.29, 1.82) is 0 Å². The molecular weight excluding hydrogens is 749 g/mol. The van der Waals surface area contributed by atoms with Gasteiger partial charge in [-0.25, -0.2) is 15.0 Å². The lowest BCUT2D eigenvalue weighted by Crippen LogP contribution is -2.01. The van der Waals surface area contributed by atoms with Crippen LogP contribution >= 0.6 is 0 Å². The van der Waals surface area contributed by atoms with Gasteiger partial charge >= 0.3 is 0 Å². The molecule has 13 rings (SSSR count). The number of furan rings is 2. The van der Waals surface area contributed by atoms with Crippen LogP contribution < -0.4 is 0 Å². The van der Waals surface area contributed by atoms with E-state index >= 15 is 0 Å². The van der Waals surface area contributed by atoms with Crippen LogP contribution in [-0.2, 0) is 0 Å². The number of hydrogen-bond donors (Lipinski definition) is 0. The molecule has 0 N–H and O–H groups in total. The van der Waals surface area contributed by atoms with E-state index in [9.17, 15) is 0 Å². The third-order valence-corrected chi connectivity index (χ3v) is 12.0. The standard InChI is InChI=1S/C55H32N4O2/c1-2-13-33(14-3-1)53-56-54(58-55(57-53)37-27-28-40-39-19-6-8-24-47(39)61-50(40)32-37)36-17-10-18-38(29-36)59-46-31-35-16-5-4-15-34(35)30-45(46)43-23-11-22-42(52(43)59)41-21-12-26-49-51(41)44-20-7-9-25-48(44)60-49/h1-32H. The Balaban J connectivity index is 1.05. The number of fused-ring (bicyclic) bond motifs is 10. The third-order valence-electron chi connectivity index (χ3n) is 12.0. The minimum Gasteiger partial charge on any atom is -0.456 e. The minimum atomic E-state index is 0.572. The number of nitrogens with zero attached hydrogens (tertiary/aromatic N) is 4. The molecule has 0 aliphatic rings. The first kappa shape index (κ1) is 33.6. The summed E-state index contributed by atoms with van der Waals surface area (Å²) >= 11 is 0. The van der Waals surface area contributed by atoms with E-state index in [-0.39, 0.29) is 0 Å². The van der Waals surface area contributed by atoms with Crippen LogP contribution in [-0.4, -0.2) is 19.5 Å². The van der Waals surface area contributed by atoms with E-state index in [1.54, 1.807) is 0 Å². The first-order valence-electron chi connectivity index (χ1n) is 20.4. The lowest BCUT2D eigenvalue weighted by molar-refractivity contribution is 0.668. The SMILES string of the molecule is c1ccc(-c2nc(-c3cccc(-n4c5cc6ccccc6cc5c5cccc(-c6cccc7oc8ccccc8c67)c54)c3)nc(-c3ccc4c(c3)oc3ccccc34)n2)cc1. The van der Waals surface area contributed by atoms with Gasteiger partial charge in [0.25, 0.3) is 0 Å². The summed E-state index contributed by atoms with van der Waals surface area (Å²) in [4.78, 5) is 15.4. The van der Waals surface area contributed by atoms with Gasteiger partial charge in [0.2, 0.25) is 0 Å². The Bertz CT molecular complexity index is 3900. The van der Waals surface area contributed by atoms with Gasteiger partial charge in [0.05, 0.1) is 11.0 Å². The zero-order chi connectivity index (χ0) is 40.0. The highest BCUT2D eigenvalue weighted by Gasteiger charge is 2.22. The zero-order valence-electron chi connectivity index (χ0n) is 32.6. The Labute approximate surface area is 348 Å². The highest BCUT2D eigenvalue weighted by molar-refractivity contribution is 6.20. The Morgan fingerprint density at radius 2 is 0.918 bits per heavy atom. The molecule has 0 fully saturated rings. The van der Waals surface area contributed by atoms with Crippen LogP contribution in [0.15, 0.2) is 203 Å². The minimum absolute atomic E-state index is 0.572. The molecule has 4 heterocycles. The summed E-state index contributed by atoms with van der Waals surface area (Å²) in [6.07, 6.45) is 0. The van der Waals surface area contributed by atoms with Crippen LogP contribution in [0, 0.1) is 0 Å². The Morgan fingerprint density at radius 3 is 1.75 bits per heavy atom. The Morgan fingerprint density at radius 1 is 0.344 bits per heavy atom. The van der Waals surface area contributed by atoms with Crippen molar-refractivity contribution in [2.75, 3.05) is 0 Å². The molecule has 0 spiro atoms. The smallest absolute Gasteiger partial charge is 0.164 e. The van der Waals surface area contributed by atoms with Crippen LogP contribution in [0.4, 0.5) is 0 Å². The van der Waals surface area contributed by atoms with Crippen molar-refractivity contribution in [3.63, 3.8) is 0 Å². The molecule has 4 aromatic heterocycles. The van der Waals surface area contributed by atoms with Crippen molar-refractivity contribution in [2.24, 2.45) is 0 Å². The van der Waals surface area contributed by atoms with Crippen LogP contribution in [0.1, 0.15) is 0 Å². The Hall–Kier alpha value is -8.35. The first-order chi connectivity index (χ1) is 30.2. The predicted molar refractivity (Wildman–Crippen MR) is 248 cm³/mol. The van der Waals surface area contributed by atoms with Gasteiger partial charge < -0.3 is 13.4 Å². The fourth-order valence-electron chi connectivity index (χ4n) is 9.24. The van der Waals surface area contributed by atoms with Crippen LogP contribution in [0.2, 0.25) is 0 Å². The summed E-state index contributed by atoms with van der Waals surface area (Å²) in [6.45, 7) is 0. The zero-order valence-corrected chi connectivity index (χ0v) is 32.6. The fraction of sp³-hybridized carbons (Fsp3) is 0. The normalized spacial score (nSPS) is 11.9. The van der Waals surface area contributed by atoms with E-state index in [1.807, 2.05) is 66.7 Å². The number of benzene rings is 9. The maximum absolute atomic E-state index is 6.40. The van der Waals surface area contributed by atoms with Crippen LogP contribution in [0.5, 0.6) is 0 Å². The van der Waals surface area contributed by atoms with Gasteiger partial charge in [-0.05, 0) is 70.9 Å². The third kappa shape index (κ3) is 5.26. The van der Waals surface area contributed by atoms with E-state index in [0.717, 1.165) is 88.4 Å². The molecule has 0 unspecified atom stereocenters. The van der Waals surface area contributed by atoms with Gasteiger partial charge in [0.15, 0.2) is 17.5 Å². The van der Waals surface area contributed by atoms with Gasteiger partial charge in [-0.15, -0.1) is 0 Å². The molecule has 0 saturated carbocycles.